The maximum atomic E-state index is 11.6. The molecule has 0 aliphatic rings. The van der Waals surface area contributed by atoms with E-state index in [1.165, 1.54) is 21.8 Å². The second-order valence-electron chi connectivity index (χ2n) is 5.81. The van der Waals surface area contributed by atoms with E-state index in [4.69, 9.17) is 5.84 Å². The van der Waals surface area contributed by atoms with E-state index in [-0.39, 0.29) is 11.3 Å². The molecular formula is C16H20N2OS2. The van der Waals surface area contributed by atoms with Crippen LogP contribution in [0.4, 0.5) is 0 Å². The maximum Gasteiger partial charge on any atom is 0.275 e. The summed E-state index contributed by atoms with van der Waals surface area (Å²) in [7, 11) is 0. The third kappa shape index (κ3) is 4.09. The van der Waals surface area contributed by atoms with Gasteiger partial charge >= 0.3 is 0 Å². The molecule has 0 bridgehead atoms. The topological polar surface area (TPSA) is 55.1 Å². The van der Waals surface area contributed by atoms with Crippen LogP contribution in [-0.2, 0) is 11.2 Å². The number of hydrogen-bond acceptors (Lipinski definition) is 4. The van der Waals surface area contributed by atoms with Crippen molar-refractivity contribution in [1.29, 1.82) is 0 Å². The fraction of sp³-hybridized carbons (Fsp3) is 0.312. The van der Waals surface area contributed by atoms with Gasteiger partial charge in [0.1, 0.15) is 0 Å². The number of thiophene rings is 1. The monoisotopic (exact) mass is 320 g/mol. The smallest absolute Gasteiger partial charge is 0.275 e. The van der Waals surface area contributed by atoms with Crippen molar-refractivity contribution in [3.8, 4) is 0 Å². The third-order valence-corrected chi connectivity index (χ3v) is 5.22. The van der Waals surface area contributed by atoms with Crippen LogP contribution in [-0.4, -0.2) is 5.91 Å². The van der Waals surface area contributed by atoms with Crippen molar-refractivity contribution in [3.63, 3.8) is 0 Å². The first kappa shape index (κ1) is 16.1. The highest BCUT2D eigenvalue weighted by molar-refractivity contribution is 7.98. The zero-order valence-corrected chi connectivity index (χ0v) is 14.1. The lowest BCUT2D eigenvalue weighted by molar-refractivity contribution is 0.0957. The van der Waals surface area contributed by atoms with Gasteiger partial charge in [-0.3, -0.25) is 10.2 Å². The Labute approximate surface area is 133 Å². The van der Waals surface area contributed by atoms with Crippen LogP contribution >= 0.6 is 23.1 Å². The van der Waals surface area contributed by atoms with Crippen LogP contribution in [0.25, 0.3) is 0 Å². The molecule has 0 spiro atoms. The van der Waals surface area contributed by atoms with Crippen molar-refractivity contribution in [2.24, 2.45) is 5.84 Å². The van der Waals surface area contributed by atoms with Crippen LogP contribution in [0, 0.1) is 0 Å². The Hall–Kier alpha value is -1.30. The molecule has 0 atom stereocenters. The predicted molar refractivity (Wildman–Crippen MR) is 90.7 cm³/mol. The Balaban J connectivity index is 2.04. The molecule has 0 fully saturated rings. The molecule has 1 aromatic heterocycles. The van der Waals surface area contributed by atoms with Gasteiger partial charge in [-0.1, -0.05) is 32.9 Å². The van der Waals surface area contributed by atoms with Gasteiger partial charge in [0.05, 0.1) is 4.88 Å². The van der Waals surface area contributed by atoms with Gasteiger partial charge in [0.15, 0.2) is 0 Å². The van der Waals surface area contributed by atoms with Crippen LogP contribution in [0.15, 0.2) is 40.6 Å². The van der Waals surface area contributed by atoms with Crippen molar-refractivity contribution in [2.45, 2.75) is 36.8 Å². The fourth-order valence-corrected chi connectivity index (χ4v) is 3.73. The molecule has 3 N–H and O–H groups in total. The van der Waals surface area contributed by atoms with E-state index in [9.17, 15) is 4.79 Å². The molecule has 0 saturated carbocycles. The maximum absolute atomic E-state index is 11.6. The first-order valence-corrected chi connectivity index (χ1v) is 8.59. The second-order valence-corrected chi connectivity index (χ2v) is 7.78. The zero-order chi connectivity index (χ0) is 15.5. The molecule has 2 rings (SSSR count). The van der Waals surface area contributed by atoms with E-state index in [2.05, 4.69) is 50.5 Å². The Morgan fingerprint density at radius 3 is 2.48 bits per heavy atom. The van der Waals surface area contributed by atoms with Crippen LogP contribution in [0.2, 0.25) is 0 Å². The third-order valence-electron chi connectivity index (χ3n) is 3.20. The van der Waals surface area contributed by atoms with Crippen LogP contribution < -0.4 is 11.3 Å². The van der Waals surface area contributed by atoms with Crippen LogP contribution in [0.3, 0.4) is 0 Å². The summed E-state index contributed by atoms with van der Waals surface area (Å²) in [5, 5.41) is 1.92. The van der Waals surface area contributed by atoms with Crippen LogP contribution in [0.5, 0.6) is 0 Å². The fourth-order valence-electron chi connectivity index (χ4n) is 1.93. The first-order valence-electron chi connectivity index (χ1n) is 6.72. The van der Waals surface area contributed by atoms with Crippen molar-refractivity contribution < 1.29 is 4.79 Å². The quantitative estimate of drug-likeness (QED) is 0.388. The number of nitrogens with two attached hydrogens (primary N) is 1. The van der Waals surface area contributed by atoms with Gasteiger partial charge in [-0.15, -0.1) is 23.1 Å². The normalized spacial score (nSPS) is 11.4. The lowest BCUT2D eigenvalue weighted by atomic mass is 9.87. The number of hydrogen-bond donors (Lipinski definition) is 2. The van der Waals surface area contributed by atoms with E-state index in [1.807, 2.05) is 11.4 Å². The summed E-state index contributed by atoms with van der Waals surface area (Å²) in [6.07, 6.45) is 0. The molecule has 0 aliphatic carbocycles. The number of carbonyl (C=O) groups is 1. The molecule has 0 unspecified atom stereocenters. The first-order chi connectivity index (χ1) is 9.91. The van der Waals surface area contributed by atoms with E-state index in [0.29, 0.717) is 4.88 Å². The van der Waals surface area contributed by atoms with E-state index in [1.54, 1.807) is 11.8 Å². The van der Waals surface area contributed by atoms with Gasteiger partial charge in [-0.05, 0) is 40.1 Å². The predicted octanol–water partition coefficient (Wildman–Crippen LogP) is 3.94. The average molecular weight is 320 g/mol. The van der Waals surface area contributed by atoms with Gasteiger partial charge in [0, 0.05) is 10.6 Å². The molecule has 0 radical (unpaired) electrons. The van der Waals surface area contributed by atoms with Gasteiger partial charge < -0.3 is 0 Å². The largest absolute Gasteiger partial charge is 0.289 e. The molecule has 1 heterocycles. The number of rotatable bonds is 4. The summed E-state index contributed by atoms with van der Waals surface area (Å²) in [6.45, 7) is 6.62. The number of hydrazine groups is 1. The van der Waals surface area contributed by atoms with Crippen molar-refractivity contribution in [2.75, 3.05) is 0 Å². The highest BCUT2D eigenvalue weighted by atomic mass is 32.2. The summed E-state index contributed by atoms with van der Waals surface area (Å²) in [4.78, 5) is 13.5. The van der Waals surface area contributed by atoms with Gasteiger partial charge in [-0.2, -0.15) is 0 Å². The lowest BCUT2D eigenvalue weighted by Crippen LogP contribution is -2.29. The lowest BCUT2D eigenvalue weighted by Gasteiger charge is -2.19. The highest BCUT2D eigenvalue weighted by Crippen LogP contribution is 2.29. The number of amides is 1. The molecule has 21 heavy (non-hydrogen) atoms. The van der Waals surface area contributed by atoms with Crippen molar-refractivity contribution in [1.82, 2.24) is 5.43 Å². The molecule has 0 aliphatic heterocycles. The molecule has 1 amide bonds. The minimum atomic E-state index is -0.219. The standard InChI is InChI=1S/C16H20N2OS2/c1-16(2,3)12-4-6-13(7-5-12)21-10-11-8-9-20-14(11)15(19)18-17/h4-9H,10,17H2,1-3H3,(H,18,19). The molecule has 2 aromatic rings. The second kappa shape index (κ2) is 6.64. The molecule has 3 nitrogen and oxygen atoms in total. The Morgan fingerprint density at radius 1 is 1.24 bits per heavy atom. The molecular weight excluding hydrogens is 300 g/mol. The van der Waals surface area contributed by atoms with Crippen molar-refractivity contribution in [3.05, 3.63) is 51.7 Å². The van der Waals surface area contributed by atoms with E-state index in [0.717, 1.165) is 11.3 Å². The Morgan fingerprint density at radius 2 is 1.90 bits per heavy atom. The average Bonchev–Trinajstić information content (AvgIpc) is 2.92. The number of nitrogen functional groups attached to an aromatic ring is 1. The highest BCUT2D eigenvalue weighted by Gasteiger charge is 2.14. The molecule has 5 heteroatoms. The van der Waals surface area contributed by atoms with Gasteiger partial charge in [-0.25, -0.2) is 5.84 Å². The van der Waals surface area contributed by atoms with E-state index < -0.39 is 0 Å². The summed E-state index contributed by atoms with van der Waals surface area (Å²) in [5.74, 6) is 5.74. The van der Waals surface area contributed by atoms with Crippen molar-refractivity contribution >= 4 is 29.0 Å². The van der Waals surface area contributed by atoms with E-state index >= 15 is 0 Å². The SMILES string of the molecule is CC(C)(C)c1ccc(SCc2ccsc2C(=O)NN)cc1. The minimum Gasteiger partial charge on any atom is -0.289 e. The Bertz CT molecular complexity index is 612. The number of benzene rings is 1. The number of carbonyl (C=O) groups excluding carboxylic acids is 1. The van der Waals surface area contributed by atoms with Gasteiger partial charge in [0.2, 0.25) is 0 Å². The zero-order valence-electron chi connectivity index (χ0n) is 12.5. The number of nitrogens with one attached hydrogen (secondary N) is 1. The summed E-state index contributed by atoms with van der Waals surface area (Å²) >= 11 is 3.14. The van der Waals surface area contributed by atoms with Gasteiger partial charge in [0.25, 0.3) is 5.91 Å². The van der Waals surface area contributed by atoms with Crippen LogP contribution in [0.1, 0.15) is 41.6 Å². The molecule has 1 aromatic carbocycles. The molecule has 112 valence electrons. The summed E-state index contributed by atoms with van der Waals surface area (Å²) in [5.41, 5.74) is 4.71. The minimum absolute atomic E-state index is 0.170. The summed E-state index contributed by atoms with van der Waals surface area (Å²) < 4.78 is 0. The molecule has 0 saturated heterocycles. The summed E-state index contributed by atoms with van der Waals surface area (Å²) in [6, 6.07) is 10.6. The number of thioether (sulfide) groups is 1. The Kier molecular flexibility index (Phi) is 5.08.